The fourth-order valence-electron chi connectivity index (χ4n) is 2.78. The normalized spacial score (nSPS) is 12.6. The van der Waals surface area contributed by atoms with Crippen LogP contribution in [0.4, 0.5) is 4.39 Å². The highest BCUT2D eigenvalue weighted by Crippen LogP contribution is 2.14. The van der Waals surface area contributed by atoms with Gasteiger partial charge in [-0.1, -0.05) is 31.2 Å². The molecule has 0 saturated carbocycles. The van der Waals surface area contributed by atoms with Crippen molar-refractivity contribution >= 4 is 15.7 Å². The zero-order valence-electron chi connectivity index (χ0n) is 15.2. The zero-order valence-corrected chi connectivity index (χ0v) is 16.0. The number of halogens is 1. The lowest BCUT2D eigenvalue weighted by Crippen LogP contribution is -2.25. The van der Waals surface area contributed by atoms with E-state index in [1.807, 2.05) is 13.0 Å². The second-order valence-corrected chi connectivity index (χ2v) is 8.72. The van der Waals surface area contributed by atoms with Crippen LogP contribution >= 0.6 is 0 Å². The highest BCUT2D eigenvalue weighted by atomic mass is 32.2. The third-order valence-electron chi connectivity index (χ3n) is 4.14. The van der Waals surface area contributed by atoms with E-state index in [-0.39, 0.29) is 28.3 Å². The highest BCUT2D eigenvalue weighted by molar-refractivity contribution is 7.91. The fraction of sp³-hybridized carbons (Fsp3) is 0.350. The van der Waals surface area contributed by atoms with E-state index in [1.165, 1.54) is 24.3 Å². The minimum absolute atomic E-state index is 0.0674. The topological polar surface area (TPSA) is 83.5 Å². The number of benzene rings is 2. The van der Waals surface area contributed by atoms with E-state index in [0.29, 0.717) is 19.4 Å². The monoisotopic (exact) mass is 393 g/mol. The van der Waals surface area contributed by atoms with Crippen molar-refractivity contribution < 1.29 is 22.7 Å². The van der Waals surface area contributed by atoms with Gasteiger partial charge in [0.15, 0.2) is 9.84 Å². The molecule has 2 aromatic carbocycles. The van der Waals surface area contributed by atoms with Gasteiger partial charge in [0.25, 0.3) is 0 Å². The number of amides is 1. The summed E-state index contributed by atoms with van der Waals surface area (Å²) in [5.41, 5.74) is 1.64. The van der Waals surface area contributed by atoms with Gasteiger partial charge < -0.3 is 10.4 Å². The van der Waals surface area contributed by atoms with Crippen molar-refractivity contribution in [2.24, 2.45) is 5.92 Å². The summed E-state index contributed by atoms with van der Waals surface area (Å²) in [7, 11) is -3.47. The summed E-state index contributed by atoms with van der Waals surface area (Å²) in [6, 6.07) is 12.6. The molecule has 0 saturated heterocycles. The van der Waals surface area contributed by atoms with Gasteiger partial charge >= 0.3 is 0 Å². The molecule has 0 aliphatic rings. The Morgan fingerprint density at radius 2 is 1.85 bits per heavy atom. The van der Waals surface area contributed by atoms with Crippen LogP contribution < -0.4 is 5.32 Å². The first kappa shape index (κ1) is 21.1. The molecule has 2 aromatic rings. The lowest BCUT2D eigenvalue weighted by atomic mass is 9.97. The summed E-state index contributed by atoms with van der Waals surface area (Å²) >= 11 is 0. The van der Waals surface area contributed by atoms with Crippen LogP contribution in [0.2, 0.25) is 0 Å². The summed E-state index contributed by atoms with van der Waals surface area (Å²) in [5.74, 6) is -0.644. The molecule has 0 unspecified atom stereocenters. The predicted octanol–water partition coefficient (Wildman–Crippen LogP) is 2.48. The van der Waals surface area contributed by atoms with Crippen molar-refractivity contribution in [2.75, 3.05) is 12.4 Å². The van der Waals surface area contributed by atoms with Crippen LogP contribution in [0.3, 0.4) is 0 Å². The van der Waals surface area contributed by atoms with Crippen molar-refractivity contribution in [1.82, 2.24) is 5.32 Å². The maximum Gasteiger partial charge on any atom is 0.220 e. The van der Waals surface area contributed by atoms with Gasteiger partial charge in [0.1, 0.15) is 5.82 Å². The maximum absolute atomic E-state index is 13.2. The molecule has 1 atom stereocenters. The summed E-state index contributed by atoms with van der Waals surface area (Å²) < 4.78 is 36.9. The average Bonchev–Trinajstić information content (AvgIpc) is 2.60. The summed E-state index contributed by atoms with van der Waals surface area (Å²) in [6.45, 7) is 1.81. The SMILES string of the molecule is C[C@H](CC(=O)NCc1ccc(S(=O)(=O)CCO)cc1)Cc1cccc(F)c1. The molecule has 2 rings (SSSR count). The number of aliphatic hydroxyl groups excluding tert-OH is 1. The van der Waals surface area contributed by atoms with Gasteiger partial charge in [-0.2, -0.15) is 0 Å². The first-order valence-electron chi connectivity index (χ1n) is 8.74. The molecule has 0 aliphatic carbocycles. The van der Waals surface area contributed by atoms with Gasteiger partial charge in [-0.25, -0.2) is 12.8 Å². The molecule has 146 valence electrons. The number of carbonyl (C=O) groups is 1. The average molecular weight is 393 g/mol. The Bertz CT molecular complexity index is 866. The Morgan fingerprint density at radius 1 is 1.15 bits per heavy atom. The summed E-state index contributed by atoms with van der Waals surface area (Å²) in [5, 5.41) is 11.6. The molecular weight excluding hydrogens is 369 g/mol. The maximum atomic E-state index is 13.2. The van der Waals surface area contributed by atoms with Crippen molar-refractivity contribution in [1.29, 1.82) is 0 Å². The van der Waals surface area contributed by atoms with Gasteiger partial charge in [-0.3, -0.25) is 4.79 Å². The number of rotatable bonds is 9. The molecule has 0 heterocycles. The van der Waals surface area contributed by atoms with Gasteiger partial charge in [-0.05, 0) is 47.7 Å². The van der Waals surface area contributed by atoms with E-state index in [4.69, 9.17) is 5.11 Å². The quantitative estimate of drug-likeness (QED) is 0.686. The summed E-state index contributed by atoms with van der Waals surface area (Å²) in [4.78, 5) is 12.2. The van der Waals surface area contributed by atoms with Crippen LogP contribution in [0.5, 0.6) is 0 Å². The molecule has 0 fully saturated rings. The molecule has 0 spiro atoms. The van der Waals surface area contributed by atoms with Crippen LogP contribution in [-0.4, -0.2) is 31.8 Å². The Morgan fingerprint density at radius 3 is 2.48 bits per heavy atom. The van der Waals surface area contributed by atoms with Crippen LogP contribution in [0, 0.1) is 11.7 Å². The number of aliphatic hydroxyl groups is 1. The van der Waals surface area contributed by atoms with Gasteiger partial charge in [-0.15, -0.1) is 0 Å². The molecule has 0 aliphatic heterocycles. The molecule has 2 N–H and O–H groups in total. The highest BCUT2D eigenvalue weighted by Gasteiger charge is 2.14. The Labute approximate surface area is 159 Å². The van der Waals surface area contributed by atoms with Crippen LogP contribution in [0.1, 0.15) is 24.5 Å². The van der Waals surface area contributed by atoms with Gasteiger partial charge in [0.2, 0.25) is 5.91 Å². The van der Waals surface area contributed by atoms with E-state index in [1.54, 1.807) is 18.2 Å². The minimum atomic E-state index is -3.47. The number of hydrogen-bond acceptors (Lipinski definition) is 4. The Hall–Kier alpha value is -2.25. The largest absolute Gasteiger partial charge is 0.395 e. The molecule has 0 radical (unpaired) electrons. The molecule has 0 bridgehead atoms. The fourth-order valence-corrected chi connectivity index (χ4v) is 3.81. The second-order valence-electron chi connectivity index (χ2n) is 6.61. The third-order valence-corrected chi connectivity index (χ3v) is 5.85. The number of carbonyl (C=O) groups excluding carboxylic acids is 1. The van der Waals surface area contributed by atoms with E-state index >= 15 is 0 Å². The van der Waals surface area contributed by atoms with Crippen molar-refractivity contribution in [3.63, 3.8) is 0 Å². The predicted molar refractivity (Wildman–Crippen MR) is 101 cm³/mol. The molecule has 1 amide bonds. The van der Waals surface area contributed by atoms with E-state index in [9.17, 15) is 17.6 Å². The number of sulfone groups is 1. The molecule has 5 nitrogen and oxygen atoms in total. The van der Waals surface area contributed by atoms with E-state index < -0.39 is 16.4 Å². The standard InChI is InChI=1S/C20H24FNO4S/c1-15(11-17-3-2-4-18(21)13-17)12-20(24)22-14-16-5-7-19(8-6-16)27(25,26)10-9-23/h2-8,13,15,23H,9-12,14H2,1H3,(H,22,24)/t15-/m0/s1. The number of hydrogen-bond donors (Lipinski definition) is 2. The number of nitrogens with one attached hydrogen (secondary N) is 1. The van der Waals surface area contributed by atoms with Gasteiger partial charge in [0.05, 0.1) is 17.3 Å². The molecule has 7 heteroatoms. The Balaban J connectivity index is 1.83. The van der Waals surface area contributed by atoms with Gasteiger partial charge in [0, 0.05) is 13.0 Å². The first-order valence-corrected chi connectivity index (χ1v) is 10.4. The zero-order chi connectivity index (χ0) is 19.9. The van der Waals surface area contributed by atoms with E-state index in [2.05, 4.69) is 5.32 Å². The smallest absolute Gasteiger partial charge is 0.220 e. The van der Waals surface area contributed by atoms with Crippen LogP contribution in [0.15, 0.2) is 53.4 Å². The first-order chi connectivity index (χ1) is 12.8. The Kier molecular flexibility index (Phi) is 7.50. The third kappa shape index (κ3) is 6.77. The van der Waals surface area contributed by atoms with Crippen molar-refractivity contribution in [3.8, 4) is 0 Å². The molecule has 27 heavy (non-hydrogen) atoms. The van der Waals surface area contributed by atoms with Crippen LogP contribution in [-0.2, 0) is 27.6 Å². The van der Waals surface area contributed by atoms with E-state index in [0.717, 1.165) is 11.1 Å². The van der Waals surface area contributed by atoms with Crippen molar-refractivity contribution in [3.05, 3.63) is 65.5 Å². The lowest BCUT2D eigenvalue weighted by Gasteiger charge is -2.12. The molecule has 0 aromatic heterocycles. The second kappa shape index (κ2) is 9.62. The molecular formula is C20H24FNO4S. The summed E-state index contributed by atoms with van der Waals surface area (Å²) in [6.07, 6.45) is 0.933. The van der Waals surface area contributed by atoms with Crippen LogP contribution in [0.25, 0.3) is 0 Å². The minimum Gasteiger partial charge on any atom is -0.395 e. The lowest BCUT2D eigenvalue weighted by molar-refractivity contribution is -0.122. The van der Waals surface area contributed by atoms with Crippen molar-refractivity contribution in [2.45, 2.75) is 31.2 Å².